The number of hydrogen-bond donors (Lipinski definition) is 4. The Balaban J connectivity index is 1.55. The second-order valence-electron chi connectivity index (χ2n) is 7.12. The maximum Gasteiger partial charge on any atom is 0.166 e. The zero-order valence-corrected chi connectivity index (χ0v) is 19.1. The standard InChI is InChI=1S/C25H25N3O7/c1-16(28-35-13-12-34-27-15-18-7-4-11-22(33-2)24(18)31)19-8-5-9-20(25(19)32)26-14-17-6-3-10-21(29)23(17)30/h3-11,14-15,29-32H,12-13H2,1-2H3/b26-14?,27-15+,28-16+. The Bertz CT molecular complexity index is 1260. The predicted molar refractivity (Wildman–Crippen MR) is 132 cm³/mol. The largest absolute Gasteiger partial charge is 0.505 e. The van der Waals surface area contributed by atoms with E-state index in [0.29, 0.717) is 28.2 Å². The third-order valence-electron chi connectivity index (χ3n) is 4.78. The zero-order valence-electron chi connectivity index (χ0n) is 19.1. The number of benzene rings is 3. The zero-order chi connectivity index (χ0) is 25.2. The van der Waals surface area contributed by atoms with E-state index in [2.05, 4.69) is 15.3 Å². The number of rotatable bonds is 10. The van der Waals surface area contributed by atoms with Crippen LogP contribution >= 0.6 is 0 Å². The highest BCUT2D eigenvalue weighted by atomic mass is 16.7. The molecule has 182 valence electrons. The van der Waals surface area contributed by atoms with Crippen molar-refractivity contribution >= 4 is 23.8 Å². The molecule has 0 radical (unpaired) electrons. The maximum atomic E-state index is 10.6. The van der Waals surface area contributed by atoms with Gasteiger partial charge in [-0.05, 0) is 43.3 Å². The molecule has 0 amide bonds. The second kappa shape index (κ2) is 11.9. The van der Waals surface area contributed by atoms with Crippen LogP contribution in [0.2, 0.25) is 0 Å². The van der Waals surface area contributed by atoms with Crippen molar-refractivity contribution in [3.63, 3.8) is 0 Å². The van der Waals surface area contributed by atoms with Gasteiger partial charge in [0.15, 0.2) is 36.2 Å². The fraction of sp³-hybridized carbons (Fsp3) is 0.160. The van der Waals surface area contributed by atoms with Gasteiger partial charge in [-0.25, -0.2) is 0 Å². The number of hydrogen-bond acceptors (Lipinski definition) is 10. The molecule has 35 heavy (non-hydrogen) atoms. The summed E-state index contributed by atoms with van der Waals surface area (Å²) in [5, 5.41) is 47.8. The second-order valence-corrected chi connectivity index (χ2v) is 7.12. The van der Waals surface area contributed by atoms with Crippen LogP contribution in [0.4, 0.5) is 5.69 Å². The summed E-state index contributed by atoms with van der Waals surface area (Å²) in [4.78, 5) is 14.5. The Kier molecular flexibility index (Phi) is 8.49. The lowest BCUT2D eigenvalue weighted by Crippen LogP contribution is -2.02. The van der Waals surface area contributed by atoms with E-state index >= 15 is 0 Å². The Morgan fingerprint density at radius 3 is 2.26 bits per heavy atom. The predicted octanol–water partition coefficient (Wildman–Crippen LogP) is 4.06. The van der Waals surface area contributed by atoms with Crippen LogP contribution in [0.3, 0.4) is 0 Å². The quantitative estimate of drug-likeness (QED) is 0.148. The molecule has 0 spiro atoms. The molecule has 0 fully saturated rings. The number of phenols is 4. The van der Waals surface area contributed by atoms with Gasteiger partial charge >= 0.3 is 0 Å². The maximum absolute atomic E-state index is 10.6. The van der Waals surface area contributed by atoms with E-state index in [9.17, 15) is 20.4 Å². The molecule has 0 aliphatic rings. The number of ether oxygens (including phenoxy) is 1. The van der Waals surface area contributed by atoms with Gasteiger partial charge in [0.05, 0.1) is 19.0 Å². The summed E-state index contributed by atoms with van der Waals surface area (Å²) >= 11 is 0. The van der Waals surface area contributed by atoms with Crippen LogP contribution in [0.15, 0.2) is 69.9 Å². The van der Waals surface area contributed by atoms with Crippen molar-refractivity contribution in [1.29, 1.82) is 0 Å². The van der Waals surface area contributed by atoms with E-state index < -0.39 is 0 Å². The number of nitrogens with zero attached hydrogens (tertiary/aromatic N) is 3. The minimum absolute atomic E-state index is 0.0380. The van der Waals surface area contributed by atoms with Crippen LogP contribution < -0.4 is 4.74 Å². The van der Waals surface area contributed by atoms with E-state index in [0.717, 1.165) is 0 Å². The fourth-order valence-electron chi connectivity index (χ4n) is 2.94. The van der Waals surface area contributed by atoms with Gasteiger partial charge in [-0.15, -0.1) is 0 Å². The average molecular weight is 479 g/mol. The molecule has 0 unspecified atom stereocenters. The number of oxime groups is 2. The molecule has 10 nitrogen and oxygen atoms in total. The van der Waals surface area contributed by atoms with Crippen LogP contribution in [-0.4, -0.2) is 58.9 Å². The number of para-hydroxylation sites is 3. The van der Waals surface area contributed by atoms with Crippen molar-refractivity contribution in [1.82, 2.24) is 0 Å². The average Bonchev–Trinajstić information content (AvgIpc) is 2.86. The molecule has 0 aliphatic heterocycles. The monoisotopic (exact) mass is 479 g/mol. The van der Waals surface area contributed by atoms with Crippen LogP contribution in [0.5, 0.6) is 28.7 Å². The van der Waals surface area contributed by atoms with Gasteiger partial charge in [0.1, 0.15) is 11.4 Å². The molecule has 3 aromatic rings. The van der Waals surface area contributed by atoms with Gasteiger partial charge in [0.25, 0.3) is 0 Å². The summed E-state index contributed by atoms with van der Waals surface area (Å²) in [6, 6.07) is 14.4. The number of methoxy groups -OCH3 is 1. The van der Waals surface area contributed by atoms with Gasteiger partial charge in [-0.2, -0.15) is 0 Å². The van der Waals surface area contributed by atoms with Crippen molar-refractivity contribution < 1.29 is 34.8 Å². The Hall–Kier alpha value is -4.73. The highest BCUT2D eigenvalue weighted by Gasteiger charge is 2.10. The first-order valence-corrected chi connectivity index (χ1v) is 10.5. The van der Waals surface area contributed by atoms with Crippen LogP contribution in [-0.2, 0) is 9.68 Å². The third kappa shape index (κ3) is 6.41. The van der Waals surface area contributed by atoms with Gasteiger partial charge in [0.2, 0.25) is 0 Å². The molecule has 0 saturated carbocycles. The van der Waals surface area contributed by atoms with Gasteiger partial charge in [-0.3, -0.25) is 4.99 Å². The summed E-state index contributed by atoms with van der Waals surface area (Å²) in [5.74, 6) is -0.390. The Morgan fingerprint density at radius 1 is 0.800 bits per heavy atom. The number of phenolic OH excluding ortho intramolecular Hbond substituents is 4. The number of aromatic hydroxyl groups is 4. The molecule has 0 heterocycles. The van der Waals surface area contributed by atoms with E-state index in [1.165, 1.54) is 25.6 Å². The van der Waals surface area contributed by atoms with Crippen molar-refractivity contribution in [3.05, 3.63) is 71.3 Å². The molecule has 0 aromatic heterocycles. The highest BCUT2D eigenvalue weighted by molar-refractivity contribution is 6.02. The Labute approximate surface area is 201 Å². The van der Waals surface area contributed by atoms with Crippen LogP contribution in [0, 0.1) is 0 Å². The first kappa shape index (κ1) is 24.9. The topological polar surface area (TPSA) is 146 Å². The molecule has 3 aromatic carbocycles. The molecule has 10 heteroatoms. The first-order chi connectivity index (χ1) is 16.9. The third-order valence-corrected chi connectivity index (χ3v) is 4.78. The summed E-state index contributed by atoms with van der Waals surface area (Å²) in [6.45, 7) is 1.85. The lowest BCUT2D eigenvalue weighted by Gasteiger charge is -2.07. The Morgan fingerprint density at radius 2 is 1.49 bits per heavy atom. The van der Waals surface area contributed by atoms with Crippen molar-refractivity contribution in [3.8, 4) is 28.7 Å². The van der Waals surface area contributed by atoms with E-state index in [1.54, 1.807) is 55.5 Å². The van der Waals surface area contributed by atoms with Gasteiger partial charge in [0, 0.05) is 22.9 Å². The minimum Gasteiger partial charge on any atom is -0.505 e. The molecule has 0 saturated heterocycles. The summed E-state index contributed by atoms with van der Waals surface area (Å²) in [7, 11) is 1.46. The van der Waals surface area contributed by atoms with Crippen LogP contribution in [0.25, 0.3) is 0 Å². The van der Waals surface area contributed by atoms with E-state index in [1.807, 2.05) is 0 Å². The smallest absolute Gasteiger partial charge is 0.166 e. The highest BCUT2D eigenvalue weighted by Crippen LogP contribution is 2.32. The molecule has 0 aliphatic carbocycles. The van der Waals surface area contributed by atoms with Crippen LogP contribution in [0.1, 0.15) is 23.6 Å². The summed E-state index contributed by atoms with van der Waals surface area (Å²) in [6.07, 6.45) is 2.69. The molecular weight excluding hydrogens is 454 g/mol. The normalized spacial score (nSPS) is 11.8. The first-order valence-electron chi connectivity index (χ1n) is 10.5. The molecule has 3 rings (SSSR count). The molecule has 0 atom stereocenters. The minimum atomic E-state index is -0.301. The van der Waals surface area contributed by atoms with Gasteiger partial charge in [-0.1, -0.05) is 28.5 Å². The lowest BCUT2D eigenvalue weighted by molar-refractivity contribution is 0.0546. The molecular formula is C25H25N3O7. The fourth-order valence-corrected chi connectivity index (χ4v) is 2.94. The summed E-state index contributed by atoms with van der Waals surface area (Å²) in [5.41, 5.74) is 1.80. The van der Waals surface area contributed by atoms with Gasteiger partial charge < -0.3 is 34.8 Å². The van der Waals surface area contributed by atoms with Crippen molar-refractivity contribution in [2.45, 2.75) is 6.92 Å². The molecule has 4 N–H and O–H groups in total. The lowest BCUT2D eigenvalue weighted by atomic mass is 10.1. The van der Waals surface area contributed by atoms with E-state index in [4.69, 9.17) is 14.4 Å². The summed E-state index contributed by atoms with van der Waals surface area (Å²) < 4.78 is 5.03. The van der Waals surface area contributed by atoms with Crippen molar-refractivity contribution in [2.75, 3.05) is 20.3 Å². The number of aliphatic imine (C=N–C) groups is 1. The van der Waals surface area contributed by atoms with E-state index in [-0.39, 0.29) is 41.9 Å². The molecule has 0 bridgehead atoms. The SMILES string of the molecule is COc1cccc(/C=N/OCCO/N=C(\C)c2cccc(N=Cc3cccc(O)c3O)c2O)c1O. The van der Waals surface area contributed by atoms with Crippen molar-refractivity contribution in [2.24, 2.45) is 15.3 Å².